The van der Waals surface area contributed by atoms with Gasteiger partial charge in [0.05, 0.1) is 0 Å². The smallest absolute Gasteiger partial charge is 0.261 e. The molecule has 2 aromatic rings. The van der Waals surface area contributed by atoms with Crippen LogP contribution in [0.4, 0.5) is 0 Å². The van der Waals surface area contributed by atoms with Gasteiger partial charge in [-0.3, -0.25) is 29.0 Å². The third kappa shape index (κ3) is 5.13. The Morgan fingerprint density at radius 1 is 0.744 bits per heavy atom. The van der Waals surface area contributed by atoms with E-state index in [0.717, 1.165) is 57.3 Å². The highest BCUT2D eigenvalue weighted by molar-refractivity contribution is 6.33. The molecule has 0 radical (unpaired) electrons. The predicted octanol–water partition coefficient (Wildman–Crippen LogP) is 8.70. The lowest BCUT2D eigenvalue weighted by Gasteiger charge is -2.40. The number of hydrogen-bond donors (Lipinski definition) is 0. The molecule has 0 aromatic heterocycles. The maximum Gasteiger partial charge on any atom is 0.261 e. The second kappa shape index (κ2) is 11.5. The summed E-state index contributed by atoms with van der Waals surface area (Å²) in [6.07, 6.45) is 16.3. The topological polar surface area (TPSA) is 74.8 Å². The summed E-state index contributed by atoms with van der Waals surface area (Å²) in [4.78, 5) is 58.5. The Balaban J connectivity index is 1.19. The zero-order valence-corrected chi connectivity index (χ0v) is 26.6. The molecule has 43 heavy (non-hydrogen) atoms. The molecule has 2 saturated carbocycles. The van der Waals surface area contributed by atoms with Gasteiger partial charge in [0.2, 0.25) is 0 Å². The van der Waals surface area contributed by atoms with E-state index in [1.54, 1.807) is 24.3 Å². The molecule has 6 rings (SSSR count). The molecule has 2 aromatic carbocycles. The number of nitrogens with zero attached hydrogens (tertiary/aromatic N) is 2. The van der Waals surface area contributed by atoms with Gasteiger partial charge in [-0.25, -0.2) is 0 Å². The number of hydrogen-bond acceptors (Lipinski definition) is 4. The van der Waals surface area contributed by atoms with Crippen molar-refractivity contribution >= 4 is 34.4 Å². The molecule has 4 aliphatic rings. The number of carbonyl (C=O) groups excluding carboxylic acids is 4. The van der Waals surface area contributed by atoms with Gasteiger partial charge in [-0.2, -0.15) is 0 Å². The molecule has 0 N–H and O–H groups in total. The van der Waals surface area contributed by atoms with Crippen molar-refractivity contribution in [1.82, 2.24) is 9.80 Å². The van der Waals surface area contributed by atoms with Gasteiger partial charge in [-0.05, 0) is 81.0 Å². The monoisotopic (exact) mass is 584 g/mol. The fourth-order valence-electron chi connectivity index (χ4n) is 8.74. The normalized spacial score (nSPS) is 25.3. The second-order valence-corrected chi connectivity index (χ2v) is 14.8. The lowest BCUT2D eigenvalue weighted by atomic mass is 9.81. The SMILES string of the molecule is CCCCCC(C)CCCC[C@@]1(C)CCC(N2C(=O)c3ccc4c5c(ccc(c35)C2=O)C(=O)N(C2(C)CCCC2)C4=O)C1. The summed E-state index contributed by atoms with van der Waals surface area (Å²) in [5, 5.41) is 0.956. The molecule has 6 nitrogen and oxygen atoms in total. The van der Waals surface area contributed by atoms with E-state index in [9.17, 15) is 19.2 Å². The predicted molar refractivity (Wildman–Crippen MR) is 169 cm³/mol. The molecule has 2 fully saturated rings. The van der Waals surface area contributed by atoms with Crippen molar-refractivity contribution in [2.45, 2.75) is 136 Å². The van der Waals surface area contributed by atoms with Gasteiger partial charge < -0.3 is 0 Å². The van der Waals surface area contributed by atoms with Crippen molar-refractivity contribution in [3.05, 3.63) is 46.5 Å². The van der Waals surface area contributed by atoms with Crippen LogP contribution in [0, 0.1) is 11.3 Å². The van der Waals surface area contributed by atoms with Crippen LogP contribution in [0.25, 0.3) is 10.8 Å². The highest BCUT2D eigenvalue weighted by atomic mass is 16.2. The van der Waals surface area contributed by atoms with E-state index in [1.165, 1.54) is 54.7 Å². The minimum Gasteiger partial charge on any atom is -0.271 e. The Morgan fingerprint density at radius 3 is 1.79 bits per heavy atom. The van der Waals surface area contributed by atoms with Crippen LogP contribution in [-0.4, -0.2) is 45.0 Å². The highest BCUT2D eigenvalue weighted by Gasteiger charge is 2.48. The molecule has 2 aliphatic carbocycles. The van der Waals surface area contributed by atoms with E-state index in [4.69, 9.17) is 0 Å². The van der Waals surface area contributed by atoms with Gasteiger partial charge in [0.15, 0.2) is 0 Å². The molecule has 6 heteroatoms. The summed E-state index contributed by atoms with van der Waals surface area (Å²) in [5.41, 5.74) is 1.33. The average molecular weight is 585 g/mol. The van der Waals surface area contributed by atoms with Crippen molar-refractivity contribution in [1.29, 1.82) is 0 Å². The van der Waals surface area contributed by atoms with Crippen molar-refractivity contribution in [3.63, 3.8) is 0 Å². The first-order chi connectivity index (χ1) is 20.6. The number of benzene rings is 2. The molecule has 2 unspecified atom stereocenters. The third-order valence-electron chi connectivity index (χ3n) is 11.3. The minimum absolute atomic E-state index is 0.124. The summed E-state index contributed by atoms with van der Waals surface area (Å²) in [7, 11) is 0. The Kier molecular flexibility index (Phi) is 8.02. The molecule has 0 saturated heterocycles. The minimum atomic E-state index is -0.503. The molecule has 2 aliphatic heterocycles. The van der Waals surface area contributed by atoms with Crippen LogP contribution < -0.4 is 0 Å². The molecule has 4 amide bonds. The summed E-state index contributed by atoms with van der Waals surface area (Å²) >= 11 is 0. The summed E-state index contributed by atoms with van der Waals surface area (Å²) in [6, 6.07) is 6.71. The van der Waals surface area contributed by atoms with Crippen LogP contribution in [0.15, 0.2) is 24.3 Å². The highest BCUT2D eigenvalue weighted by Crippen LogP contribution is 2.47. The maximum absolute atomic E-state index is 14.0. The summed E-state index contributed by atoms with van der Waals surface area (Å²) in [6.45, 7) is 8.95. The molecule has 230 valence electrons. The van der Waals surface area contributed by atoms with Crippen LogP contribution >= 0.6 is 0 Å². The Labute approximate surface area is 256 Å². The number of carbonyl (C=O) groups is 4. The standard InChI is InChI=1S/C37H48N2O4/c1-5-6-7-12-24(2)13-8-9-19-36(3)22-18-25(23-36)38-32(40)26-14-16-28-31-29(17-15-27(30(26)31)33(38)41)35(43)39(34(28)42)37(4)20-10-11-21-37/h14-17,24-25H,5-13,18-23H2,1-4H3/t24?,25?,36-/m0/s1. The van der Waals surface area contributed by atoms with E-state index in [1.807, 2.05) is 6.92 Å². The van der Waals surface area contributed by atoms with Crippen molar-refractivity contribution < 1.29 is 19.2 Å². The molecular weight excluding hydrogens is 536 g/mol. The van der Waals surface area contributed by atoms with E-state index in [0.29, 0.717) is 33.0 Å². The number of unbranched alkanes of at least 4 members (excludes halogenated alkanes) is 3. The van der Waals surface area contributed by atoms with Gasteiger partial charge in [0.1, 0.15) is 0 Å². The van der Waals surface area contributed by atoms with Gasteiger partial charge in [0, 0.05) is 44.6 Å². The molecule has 0 spiro atoms. The van der Waals surface area contributed by atoms with Crippen molar-refractivity contribution in [2.24, 2.45) is 11.3 Å². The van der Waals surface area contributed by atoms with Crippen molar-refractivity contribution in [3.8, 4) is 0 Å². The number of imide groups is 2. The van der Waals surface area contributed by atoms with Crippen LogP contribution in [0.2, 0.25) is 0 Å². The summed E-state index contributed by atoms with van der Waals surface area (Å²) in [5.74, 6) is -0.421. The lowest BCUT2D eigenvalue weighted by molar-refractivity contribution is 0.0409. The van der Waals surface area contributed by atoms with E-state index in [2.05, 4.69) is 20.8 Å². The second-order valence-electron chi connectivity index (χ2n) is 14.8. The van der Waals surface area contributed by atoms with E-state index < -0.39 is 5.54 Å². The number of amides is 4. The average Bonchev–Trinajstić information content (AvgIpc) is 3.59. The molecule has 3 atom stereocenters. The first-order valence-electron chi connectivity index (χ1n) is 16.9. The maximum atomic E-state index is 14.0. The van der Waals surface area contributed by atoms with E-state index in [-0.39, 0.29) is 35.1 Å². The fourth-order valence-corrected chi connectivity index (χ4v) is 8.74. The number of rotatable bonds is 11. The Morgan fingerprint density at radius 2 is 1.26 bits per heavy atom. The zero-order valence-electron chi connectivity index (χ0n) is 26.6. The fraction of sp³-hybridized carbons (Fsp3) is 0.622. The molecule has 2 heterocycles. The molecular formula is C37H48N2O4. The first-order valence-corrected chi connectivity index (χ1v) is 16.9. The third-order valence-corrected chi connectivity index (χ3v) is 11.3. The lowest BCUT2D eigenvalue weighted by Crippen LogP contribution is -2.53. The Bertz CT molecular complexity index is 1400. The van der Waals surface area contributed by atoms with Gasteiger partial charge in [0.25, 0.3) is 23.6 Å². The van der Waals surface area contributed by atoms with Gasteiger partial charge >= 0.3 is 0 Å². The quantitative estimate of drug-likeness (QED) is 0.196. The zero-order chi connectivity index (χ0) is 30.5. The Hall–Kier alpha value is -3.02. The van der Waals surface area contributed by atoms with Crippen LogP contribution in [0.1, 0.15) is 165 Å². The van der Waals surface area contributed by atoms with Crippen LogP contribution in [-0.2, 0) is 0 Å². The van der Waals surface area contributed by atoms with Crippen LogP contribution in [0.3, 0.4) is 0 Å². The summed E-state index contributed by atoms with van der Waals surface area (Å²) < 4.78 is 0. The largest absolute Gasteiger partial charge is 0.271 e. The van der Waals surface area contributed by atoms with Crippen molar-refractivity contribution in [2.75, 3.05) is 0 Å². The van der Waals surface area contributed by atoms with Gasteiger partial charge in [-0.15, -0.1) is 0 Å². The van der Waals surface area contributed by atoms with E-state index >= 15 is 0 Å². The molecule has 0 bridgehead atoms. The van der Waals surface area contributed by atoms with Crippen LogP contribution in [0.5, 0.6) is 0 Å². The van der Waals surface area contributed by atoms with Gasteiger partial charge in [-0.1, -0.05) is 78.6 Å². The first kappa shape index (κ1) is 30.0.